The van der Waals surface area contributed by atoms with Crippen LogP contribution in [0.5, 0.6) is 0 Å². The molecule has 10 heteroatoms. The second-order valence-electron chi connectivity index (χ2n) is 7.84. The van der Waals surface area contributed by atoms with Gasteiger partial charge in [0.15, 0.2) is 5.96 Å². The number of carbonyl (C=O) groups is 1. The van der Waals surface area contributed by atoms with Crippen molar-refractivity contribution >= 4 is 35.8 Å². The topological polar surface area (TPSA) is 51.2 Å². The molecular formula is C21H31F3IN5O. The van der Waals surface area contributed by atoms with Crippen molar-refractivity contribution in [1.29, 1.82) is 0 Å². The summed E-state index contributed by atoms with van der Waals surface area (Å²) in [4.78, 5) is 22.0. The molecule has 0 aromatic heterocycles. The lowest BCUT2D eigenvalue weighted by molar-refractivity contribution is -0.181. The van der Waals surface area contributed by atoms with Crippen molar-refractivity contribution in [3.8, 4) is 0 Å². The number of rotatable bonds is 5. The maximum Gasteiger partial charge on any atom is 0.403 e. The number of nitrogens with one attached hydrogen (secondary N) is 1. The first kappa shape index (κ1) is 25.7. The smallest absolute Gasteiger partial charge is 0.356 e. The van der Waals surface area contributed by atoms with E-state index in [0.717, 1.165) is 0 Å². The van der Waals surface area contributed by atoms with E-state index in [4.69, 9.17) is 0 Å². The molecule has 1 N–H and O–H groups in total. The largest absolute Gasteiger partial charge is 0.403 e. The average Bonchev–Trinajstić information content (AvgIpc) is 3.17. The molecule has 2 aliphatic rings. The van der Waals surface area contributed by atoms with Crippen molar-refractivity contribution in [2.45, 2.75) is 45.1 Å². The van der Waals surface area contributed by atoms with Gasteiger partial charge in [0.25, 0.3) is 0 Å². The van der Waals surface area contributed by atoms with Crippen molar-refractivity contribution < 1.29 is 18.0 Å². The van der Waals surface area contributed by atoms with Crippen LogP contribution in [0.3, 0.4) is 0 Å². The van der Waals surface area contributed by atoms with Gasteiger partial charge in [-0.1, -0.05) is 24.3 Å². The molecule has 1 aromatic rings. The number of carbonyl (C=O) groups excluding carboxylic acids is 1. The lowest BCUT2D eigenvalue weighted by Crippen LogP contribution is -2.56. The van der Waals surface area contributed by atoms with E-state index in [1.807, 2.05) is 21.9 Å². The second-order valence-corrected chi connectivity index (χ2v) is 7.84. The number of guanidine groups is 1. The molecule has 1 aromatic carbocycles. The number of benzene rings is 1. The predicted molar refractivity (Wildman–Crippen MR) is 125 cm³/mol. The highest BCUT2D eigenvalue weighted by Gasteiger charge is 2.41. The van der Waals surface area contributed by atoms with Gasteiger partial charge in [0.1, 0.15) is 6.04 Å². The van der Waals surface area contributed by atoms with Gasteiger partial charge in [0.05, 0.1) is 0 Å². The molecule has 6 nitrogen and oxygen atoms in total. The number of nitrogens with zero attached hydrogens (tertiary/aromatic N) is 4. The van der Waals surface area contributed by atoms with Crippen LogP contribution < -0.4 is 5.32 Å². The molecule has 1 unspecified atom stereocenters. The molecule has 0 spiro atoms. The lowest BCUT2D eigenvalue weighted by Gasteiger charge is -2.39. The van der Waals surface area contributed by atoms with E-state index >= 15 is 0 Å². The summed E-state index contributed by atoms with van der Waals surface area (Å²) in [5.41, 5.74) is 2.42. The molecule has 0 aliphatic carbocycles. The van der Waals surface area contributed by atoms with E-state index in [2.05, 4.69) is 22.4 Å². The number of hydrogen-bond acceptors (Lipinski definition) is 3. The Morgan fingerprint density at radius 1 is 1.10 bits per heavy atom. The summed E-state index contributed by atoms with van der Waals surface area (Å²) in [6, 6.07) is 6.67. The molecule has 0 bridgehead atoms. The third-order valence-electron chi connectivity index (χ3n) is 5.89. The Morgan fingerprint density at radius 2 is 1.68 bits per heavy atom. The van der Waals surface area contributed by atoms with Crippen LogP contribution in [0.2, 0.25) is 0 Å². The van der Waals surface area contributed by atoms with Gasteiger partial charge in [0, 0.05) is 59.3 Å². The fraction of sp³-hybridized carbons (Fsp3) is 0.619. The summed E-state index contributed by atoms with van der Waals surface area (Å²) in [6.45, 7) is 4.81. The Kier molecular flexibility index (Phi) is 9.41. The summed E-state index contributed by atoms with van der Waals surface area (Å²) in [5, 5.41) is 3.24. The summed E-state index contributed by atoms with van der Waals surface area (Å²) in [5.74, 6) is 0.813. The predicted octanol–water partition coefficient (Wildman–Crippen LogP) is 3.07. The number of alkyl halides is 3. The Morgan fingerprint density at radius 3 is 2.19 bits per heavy atom. The minimum atomic E-state index is -4.20. The monoisotopic (exact) mass is 553 g/mol. The number of amides is 1. The van der Waals surface area contributed by atoms with Crippen LogP contribution in [0.25, 0.3) is 0 Å². The standard InChI is InChI=1S/C21H30F3N5O.HI/c1-16(21(22,23)24)27-10-12-28(13-11-27)20(25-2)26-9-5-8-19(30)29-14-17-6-3-4-7-18(17)15-29;/h3-4,6-7,16H,5,8-15H2,1-2H3,(H,25,26);1H. The Bertz CT molecular complexity index is 741. The number of fused-ring (bicyclic) bond motifs is 1. The van der Waals surface area contributed by atoms with Crippen LogP contribution in [-0.4, -0.2) is 78.6 Å². The number of halogens is 4. The maximum absolute atomic E-state index is 12.9. The quantitative estimate of drug-likeness (QED) is 0.264. The minimum Gasteiger partial charge on any atom is -0.356 e. The van der Waals surface area contributed by atoms with E-state index in [1.165, 1.54) is 23.0 Å². The Balaban J connectivity index is 0.00000341. The van der Waals surface area contributed by atoms with Gasteiger partial charge in [-0.3, -0.25) is 14.7 Å². The normalized spacial score (nSPS) is 18.4. The minimum absolute atomic E-state index is 0. The van der Waals surface area contributed by atoms with Crippen molar-refractivity contribution in [3.05, 3.63) is 35.4 Å². The molecule has 1 saturated heterocycles. The highest BCUT2D eigenvalue weighted by molar-refractivity contribution is 14.0. The molecule has 2 heterocycles. The first-order valence-electron chi connectivity index (χ1n) is 10.4. The summed E-state index contributed by atoms with van der Waals surface area (Å²) in [6.07, 6.45) is -3.07. The fourth-order valence-electron chi connectivity index (χ4n) is 3.97. The van der Waals surface area contributed by atoms with Crippen LogP contribution in [-0.2, 0) is 17.9 Å². The van der Waals surface area contributed by atoms with E-state index < -0.39 is 12.2 Å². The zero-order chi connectivity index (χ0) is 21.7. The van der Waals surface area contributed by atoms with Gasteiger partial charge in [-0.15, -0.1) is 24.0 Å². The molecule has 1 fully saturated rings. The van der Waals surface area contributed by atoms with Crippen LogP contribution in [0.15, 0.2) is 29.3 Å². The third kappa shape index (κ3) is 6.71. The summed E-state index contributed by atoms with van der Waals surface area (Å²) >= 11 is 0. The second kappa shape index (κ2) is 11.3. The highest BCUT2D eigenvalue weighted by Crippen LogP contribution is 2.25. The van der Waals surface area contributed by atoms with Crippen LogP contribution in [0, 0.1) is 0 Å². The summed E-state index contributed by atoms with van der Waals surface area (Å²) in [7, 11) is 1.67. The lowest BCUT2D eigenvalue weighted by atomic mass is 10.1. The summed E-state index contributed by atoms with van der Waals surface area (Å²) < 4.78 is 38.7. The molecule has 0 radical (unpaired) electrons. The van der Waals surface area contributed by atoms with Crippen molar-refractivity contribution in [2.75, 3.05) is 39.8 Å². The van der Waals surface area contributed by atoms with Gasteiger partial charge in [0.2, 0.25) is 5.91 Å². The average molecular weight is 553 g/mol. The molecule has 3 rings (SSSR count). The maximum atomic E-state index is 12.9. The molecule has 1 atom stereocenters. The number of hydrogen-bond donors (Lipinski definition) is 1. The van der Waals surface area contributed by atoms with E-state index in [0.29, 0.717) is 64.6 Å². The van der Waals surface area contributed by atoms with Crippen molar-refractivity contribution in [2.24, 2.45) is 4.99 Å². The zero-order valence-electron chi connectivity index (χ0n) is 18.0. The van der Waals surface area contributed by atoms with E-state index in [1.54, 1.807) is 7.05 Å². The van der Waals surface area contributed by atoms with E-state index in [9.17, 15) is 18.0 Å². The fourth-order valence-corrected chi connectivity index (χ4v) is 3.97. The highest BCUT2D eigenvalue weighted by atomic mass is 127. The molecule has 2 aliphatic heterocycles. The Labute approximate surface area is 198 Å². The van der Waals surface area contributed by atoms with Crippen molar-refractivity contribution in [1.82, 2.24) is 20.0 Å². The SMILES string of the molecule is CN=C(NCCCC(=O)N1Cc2ccccc2C1)N1CCN(C(C)C(F)(F)F)CC1.I. The molecule has 174 valence electrons. The van der Waals surface area contributed by atoms with Crippen molar-refractivity contribution in [3.63, 3.8) is 0 Å². The van der Waals surface area contributed by atoms with Crippen LogP contribution in [0.1, 0.15) is 30.9 Å². The van der Waals surface area contributed by atoms with Gasteiger partial charge in [-0.2, -0.15) is 13.2 Å². The van der Waals surface area contributed by atoms with Gasteiger partial charge in [-0.05, 0) is 24.5 Å². The third-order valence-corrected chi connectivity index (χ3v) is 5.89. The van der Waals surface area contributed by atoms with Gasteiger partial charge in [-0.25, -0.2) is 0 Å². The Hall–Kier alpha value is -1.56. The molecular weight excluding hydrogens is 522 g/mol. The van der Waals surface area contributed by atoms with Crippen LogP contribution in [0.4, 0.5) is 13.2 Å². The van der Waals surface area contributed by atoms with E-state index in [-0.39, 0.29) is 29.9 Å². The van der Waals surface area contributed by atoms with Gasteiger partial charge < -0.3 is 15.1 Å². The first-order chi connectivity index (χ1) is 14.3. The number of aliphatic imine (C=N–C) groups is 1. The molecule has 1 amide bonds. The first-order valence-corrected chi connectivity index (χ1v) is 10.4. The van der Waals surface area contributed by atoms with Crippen LogP contribution >= 0.6 is 24.0 Å². The number of piperazine rings is 1. The van der Waals surface area contributed by atoms with Gasteiger partial charge >= 0.3 is 6.18 Å². The molecule has 0 saturated carbocycles. The zero-order valence-corrected chi connectivity index (χ0v) is 20.3. The molecule has 31 heavy (non-hydrogen) atoms.